The van der Waals surface area contributed by atoms with Crippen molar-refractivity contribution in [1.82, 2.24) is 19.9 Å². The van der Waals surface area contributed by atoms with Crippen LogP contribution in [0.3, 0.4) is 0 Å². The first-order chi connectivity index (χ1) is 14.2. The second-order valence-corrected chi connectivity index (χ2v) is 6.50. The molecule has 2 N–H and O–H groups in total. The van der Waals surface area contributed by atoms with Crippen LogP contribution in [0.1, 0.15) is 18.5 Å². The van der Waals surface area contributed by atoms with Crippen LogP contribution in [0.4, 0.5) is 21.8 Å². The first kappa shape index (κ1) is 18.5. The highest BCUT2D eigenvalue weighted by atomic mass is 19.1. The van der Waals surface area contributed by atoms with E-state index in [1.54, 1.807) is 43.1 Å². The van der Waals surface area contributed by atoms with E-state index < -0.39 is 0 Å². The lowest BCUT2D eigenvalue weighted by atomic mass is 10.1. The maximum absolute atomic E-state index is 13.2. The van der Waals surface area contributed by atoms with E-state index in [2.05, 4.69) is 30.6 Å². The van der Waals surface area contributed by atoms with Crippen molar-refractivity contribution in [3.63, 3.8) is 0 Å². The summed E-state index contributed by atoms with van der Waals surface area (Å²) >= 11 is 0. The highest BCUT2D eigenvalue weighted by Gasteiger charge is 2.10. The SMILES string of the molecule is CC(Nc1cc(-c2cccnc2)cc(Nc2cnccn2)n1)c1ccc(F)cc1. The molecule has 0 aliphatic carbocycles. The fourth-order valence-corrected chi connectivity index (χ4v) is 2.92. The maximum atomic E-state index is 13.2. The van der Waals surface area contributed by atoms with E-state index in [0.717, 1.165) is 16.7 Å². The van der Waals surface area contributed by atoms with E-state index in [4.69, 9.17) is 0 Å². The molecule has 0 fully saturated rings. The Hall–Kier alpha value is -3.87. The molecular weight excluding hydrogens is 367 g/mol. The number of benzene rings is 1. The molecule has 144 valence electrons. The molecule has 0 radical (unpaired) electrons. The van der Waals surface area contributed by atoms with Crippen molar-refractivity contribution in [3.8, 4) is 11.1 Å². The second kappa shape index (κ2) is 8.43. The van der Waals surface area contributed by atoms with Crippen LogP contribution in [-0.4, -0.2) is 19.9 Å². The maximum Gasteiger partial charge on any atom is 0.150 e. The Kier molecular flexibility index (Phi) is 5.38. The van der Waals surface area contributed by atoms with Gasteiger partial charge < -0.3 is 10.6 Å². The molecule has 3 heterocycles. The molecule has 4 rings (SSSR count). The van der Waals surface area contributed by atoms with Gasteiger partial charge >= 0.3 is 0 Å². The van der Waals surface area contributed by atoms with Crippen molar-refractivity contribution in [3.05, 3.63) is 90.9 Å². The summed E-state index contributed by atoms with van der Waals surface area (Å²) < 4.78 is 13.2. The molecule has 1 unspecified atom stereocenters. The molecule has 3 aromatic heterocycles. The molecule has 29 heavy (non-hydrogen) atoms. The molecular formula is C22H19FN6. The van der Waals surface area contributed by atoms with Crippen LogP contribution in [0.25, 0.3) is 11.1 Å². The number of nitrogens with zero attached hydrogens (tertiary/aromatic N) is 4. The van der Waals surface area contributed by atoms with Crippen LogP contribution in [-0.2, 0) is 0 Å². The molecule has 0 bridgehead atoms. The lowest BCUT2D eigenvalue weighted by Crippen LogP contribution is -2.09. The standard InChI is InChI=1S/C22H19FN6/c1-15(16-4-6-19(23)7-5-16)27-20-11-18(17-3-2-8-24-13-17)12-21(28-20)29-22-14-25-9-10-26-22/h2-15H,1H3,(H2,26,27,28,29). The van der Waals surface area contributed by atoms with Crippen molar-refractivity contribution in [2.24, 2.45) is 0 Å². The number of aromatic nitrogens is 4. The molecule has 0 spiro atoms. The van der Waals surface area contributed by atoms with Crippen molar-refractivity contribution in [2.75, 3.05) is 10.6 Å². The minimum atomic E-state index is -0.256. The van der Waals surface area contributed by atoms with E-state index in [-0.39, 0.29) is 11.9 Å². The number of rotatable bonds is 6. The molecule has 0 aliphatic rings. The third-order valence-electron chi connectivity index (χ3n) is 4.37. The predicted molar refractivity (Wildman–Crippen MR) is 111 cm³/mol. The third-order valence-corrected chi connectivity index (χ3v) is 4.37. The van der Waals surface area contributed by atoms with Gasteiger partial charge in [-0.1, -0.05) is 18.2 Å². The largest absolute Gasteiger partial charge is 0.363 e. The van der Waals surface area contributed by atoms with Gasteiger partial charge in [0.1, 0.15) is 23.3 Å². The molecule has 0 amide bonds. The van der Waals surface area contributed by atoms with Crippen LogP contribution in [0.5, 0.6) is 0 Å². The molecule has 1 atom stereocenters. The fourth-order valence-electron chi connectivity index (χ4n) is 2.92. The first-order valence-electron chi connectivity index (χ1n) is 9.15. The molecule has 4 aromatic rings. The van der Waals surface area contributed by atoms with E-state index in [1.165, 1.54) is 12.1 Å². The van der Waals surface area contributed by atoms with Gasteiger partial charge in [-0.3, -0.25) is 9.97 Å². The zero-order valence-electron chi connectivity index (χ0n) is 15.7. The van der Waals surface area contributed by atoms with Crippen LogP contribution in [0.2, 0.25) is 0 Å². The molecule has 0 saturated heterocycles. The van der Waals surface area contributed by atoms with Crippen molar-refractivity contribution in [1.29, 1.82) is 0 Å². The Morgan fingerprint density at radius 1 is 0.828 bits per heavy atom. The summed E-state index contributed by atoms with van der Waals surface area (Å²) in [6.07, 6.45) is 8.39. The fraction of sp³-hybridized carbons (Fsp3) is 0.0909. The van der Waals surface area contributed by atoms with Gasteiger partial charge in [0.2, 0.25) is 0 Å². The Morgan fingerprint density at radius 3 is 2.34 bits per heavy atom. The number of hydrogen-bond acceptors (Lipinski definition) is 6. The Morgan fingerprint density at radius 2 is 1.62 bits per heavy atom. The highest BCUT2D eigenvalue weighted by Crippen LogP contribution is 2.27. The number of nitrogens with one attached hydrogen (secondary N) is 2. The van der Waals surface area contributed by atoms with Crippen molar-refractivity contribution >= 4 is 17.5 Å². The zero-order valence-corrected chi connectivity index (χ0v) is 15.7. The van der Waals surface area contributed by atoms with E-state index in [9.17, 15) is 4.39 Å². The van der Waals surface area contributed by atoms with Gasteiger partial charge in [-0.15, -0.1) is 0 Å². The molecule has 6 nitrogen and oxygen atoms in total. The summed E-state index contributed by atoms with van der Waals surface area (Å²) in [6.45, 7) is 2.00. The minimum absolute atomic E-state index is 0.0587. The van der Waals surface area contributed by atoms with Gasteiger partial charge in [-0.05, 0) is 48.4 Å². The number of hydrogen-bond donors (Lipinski definition) is 2. The molecule has 0 saturated carbocycles. The van der Waals surface area contributed by atoms with Gasteiger partial charge in [0.15, 0.2) is 0 Å². The third kappa shape index (κ3) is 4.70. The topological polar surface area (TPSA) is 75.6 Å². The van der Waals surface area contributed by atoms with Crippen LogP contribution in [0, 0.1) is 5.82 Å². The summed E-state index contributed by atoms with van der Waals surface area (Å²) in [5.74, 6) is 1.64. The van der Waals surface area contributed by atoms with Gasteiger partial charge in [0.25, 0.3) is 0 Å². The van der Waals surface area contributed by atoms with Crippen molar-refractivity contribution < 1.29 is 4.39 Å². The van der Waals surface area contributed by atoms with Gasteiger partial charge in [0.05, 0.1) is 6.20 Å². The summed E-state index contributed by atoms with van der Waals surface area (Å²) in [7, 11) is 0. The second-order valence-electron chi connectivity index (χ2n) is 6.50. The minimum Gasteiger partial charge on any atom is -0.363 e. The average molecular weight is 386 g/mol. The number of anilines is 3. The number of halogens is 1. The van der Waals surface area contributed by atoms with Gasteiger partial charge in [0, 0.05) is 36.4 Å². The average Bonchev–Trinajstić information content (AvgIpc) is 2.75. The van der Waals surface area contributed by atoms with Crippen LogP contribution < -0.4 is 10.6 Å². The first-order valence-corrected chi connectivity index (χ1v) is 9.15. The van der Waals surface area contributed by atoms with Crippen LogP contribution >= 0.6 is 0 Å². The Balaban J connectivity index is 1.66. The lowest BCUT2D eigenvalue weighted by molar-refractivity contribution is 0.626. The number of pyridine rings is 2. The van der Waals surface area contributed by atoms with E-state index in [0.29, 0.717) is 17.5 Å². The van der Waals surface area contributed by atoms with Crippen molar-refractivity contribution in [2.45, 2.75) is 13.0 Å². The van der Waals surface area contributed by atoms with E-state index in [1.807, 2.05) is 31.2 Å². The quantitative estimate of drug-likeness (QED) is 0.486. The van der Waals surface area contributed by atoms with Gasteiger partial charge in [-0.2, -0.15) is 0 Å². The monoisotopic (exact) mass is 386 g/mol. The normalized spacial score (nSPS) is 11.7. The van der Waals surface area contributed by atoms with E-state index >= 15 is 0 Å². The summed E-state index contributed by atoms with van der Waals surface area (Å²) in [6, 6.07) is 14.1. The summed E-state index contributed by atoms with van der Waals surface area (Å²) in [5.41, 5.74) is 2.88. The van der Waals surface area contributed by atoms with Crippen LogP contribution in [0.15, 0.2) is 79.5 Å². The summed E-state index contributed by atoms with van der Waals surface area (Å²) in [4.78, 5) is 17.2. The predicted octanol–water partition coefficient (Wildman–Crippen LogP) is 4.99. The van der Waals surface area contributed by atoms with Gasteiger partial charge in [-0.25, -0.2) is 14.4 Å². The Labute approximate surface area is 167 Å². The zero-order chi connectivity index (χ0) is 20.1. The molecule has 1 aromatic carbocycles. The highest BCUT2D eigenvalue weighted by molar-refractivity contribution is 5.71. The lowest BCUT2D eigenvalue weighted by Gasteiger charge is -2.17. The molecule has 0 aliphatic heterocycles. The Bertz CT molecular complexity index is 1070. The molecule has 7 heteroatoms. The smallest absolute Gasteiger partial charge is 0.150 e. The summed E-state index contributed by atoms with van der Waals surface area (Å²) in [5, 5.41) is 6.56.